The van der Waals surface area contributed by atoms with Crippen LogP contribution in [0.3, 0.4) is 0 Å². The summed E-state index contributed by atoms with van der Waals surface area (Å²) in [6.45, 7) is 2.02. The predicted octanol–water partition coefficient (Wildman–Crippen LogP) is 1.53. The molecule has 19 heavy (non-hydrogen) atoms. The maximum atomic E-state index is 11.4. The zero-order valence-electron chi connectivity index (χ0n) is 10.7. The first-order chi connectivity index (χ1) is 9.16. The van der Waals surface area contributed by atoms with E-state index in [2.05, 4.69) is 4.98 Å². The molecule has 1 heterocycles. The molecule has 0 aliphatic carbocycles. The Labute approximate surface area is 111 Å². The molecular formula is C14H16N2O3. The minimum atomic E-state index is -0.658. The van der Waals surface area contributed by atoms with Gasteiger partial charge in [0.05, 0.1) is 18.4 Å². The van der Waals surface area contributed by atoms with Crippen molar-refractivity contribution in [3.63, 3.8) is 0 Å². The smallest absolute Gasteiger partial charge is 0.163 e. The van der Waals surface area contributed by atoms with E-state index in [1.165, 1.54) is 6.92 Å². The number of ether oxygens (including phenoxy) is 1. The molecule has 0 spiro atoms. The summed E-state index contributed by atoms with van der Waals surface area (Å²) in [4.78, 5) is 15.3. The Balaban J connectivity index is 1.93. The van der Waals surface area contributed by atoms with E-state index >= 15 is 0 Å². The van der Waals surface area contributed by atoms with Gasteiger partial charge in [0.2, 0.25) is 0 Å². The summed E-state index contributed by atoms with van der Waals surface area (Å²) < 4.78 is 7.27. The third kappa shape index (κ3) is 3.66. The zero-order chi connectivity index (χ0) is 13.7. The molecule has 0 amide bonds. The van der Waals surface area contributed by atoms with Gasteiger partial charge < -0.3 is 14.4 Å². The molecule has 1 atom stereocenters. The van der Waals surface area contributed by atoms with E-state index in [0.29, 0.717) is 17.9 Å². The van der Waals surface area contributed by atoms with Gasteiger partial charge in [-0.2, -0.15) is 0 Å². The van der Waals surface area contributed by atoms with Crippen molar-refractivity contribution in [1.82, 2.24) is 9.55 Å². The standard InChI is InChI=1S/C14H16N2O3/c1-11(17)13-4-2-3-5-14(13)19-9-12(18)8-16-7-6-15-10-16/h2-7,10,12,18H,8-9H2,1H3/t12-/m0/s1. The lowest BCUT2D eigenvalue weighted by Gasteiger charge is -2.14. The number of carbonyl (C=O) groups is 1. The Hall–Kier alpha value is -2.14. The fourth-order valence-electron chi connectivity index (χ4n) is 1.76. The van der Waals surface area contributed by atoms with Crippen molar-refractivity contribution < 1.29 is 14.6 Å². The number of carbonyl (C=O) groups excluding carboxylic acids is 1. The molecule has 1 aromatic carbocycles. The maximum absolute atomic E-state index is 11.4. The highest BCUT2D eigenvalue weighted by atomic mass is 16.5. The summed E-state index contributed by atoms with van der Waals surface area (Å²) in [5.74, 6) is 0.444. The van der Waals surface area contributed by atoms with Crippen molar-refractivity contribution in [3.05, 3.63) is 48.5 Å². The highest BCUT2D eigenvalue weighted by Gasteiger charge is 2.10. The lowest BCUT2D eigenvalue weighted by Crippen LogP contribution is -2.23. The largest absolute Gasteiger partial charge is 0.490 e. The van der Waals surface area contributed by atoms with Crippen LogP contribution in [0.25, 0.3) is 0 Å². The van der Waals surface area contributed by atoms with Crippen LogP contribution in [-0.4, -0.2) is 33.2 Å². The lowest BCUT2D eigenvalue weighted by atomic mass is 10.1. The second-order valence-electron chi connectivity index (χ2n) is 4.28. The molecule has 100 valence electrons. The lowest BCUT2D eigenvalue weighted by molar-refractivity contribution is 0.0896. The summed E-state index contributed by atoms with van der Waals surface area (Å²) in [7, 11) is 0. The van der Waals surface area contributed by atoms with E-state index in [1.807, 2.05) is 0 Å². The second kappa shape index (κ2) is 6.15. The van der Waals surface area contributed by atoms with Crippen LogP contribution in [0, 0.1) is 0 Å². The first-order valence-corrected chi connectivity index (χ1v) is 6.03. The second-order valence-corrected chi connectivity index (χ2v) is 4.28. The molecule has 0 bridgehead atoms. The molecule has 2 aromatic rings. The molecule has 2 rings (SSSR count). The number of rotatable bonds is 6. The highest BCUT2D eigenvalue weighted by Crippen LogP contribution is 2.18. The van der Waals surface area contributed by atoms with E-state index < -0.39 is 6.10 Å². The van der Waals surface area contributed by atoms with Gasteiger partial charge in [-0.25, -0.2) is 4.98 Å². The first kappa shape index (κ1) is 13.3. The van der Waals surface area contributed by atoms with Gasteiger partial charge >= 0.3 is 0 Å². The summed E-state index contributed by atoms with van der Waals surface area (Å²) in [5.41, 5.74) is 0.525. The van der Waals surface area contributed by atoms with E-state index in [0.717, 1.165) is 0 Å². The number of para-hydroxylation sites is 1. The average molecular weight is 260 g/mol. The van der Waals surface area contributed by atoms with Gasteiger partial charge in [-0.1, -0.05) is 12.1 Å². The van der Waals surface area contributed by atoms with Crippen molar-refractivity contribution in [3.8, 4) is 5.75 Å². The average Bonchev–Trinajstić information content (AvgIpc) is 2.89. The van der Waals surface area contributed by atoms with Gasteiger partial charge in [0, 0.05) is 12.4 Å². The Bertz CT molecular complexity index is 537. The fraction of sp³-hybridized carbons (Fsp3) is 0.286. The Morgan fingerprint density at radius 1 is 1.47 bits per heavy atom. The molecule has 0 fully saturated rings. The molecule has 5 heteroatoms. The van der Waals surface area contributed by atoms with Gasteiger partial charge in [0.25, 0.3) is 0 Å². The van der Waals surface area contributed by atoms with Crippen LogP contribution in [0.15, 0.2) is 43.0 Å². The summed E-state index contributed by atoms with van der Waals surface area (Å²) >= 11 is 0. The number of aromatic nitrogens is 2. The molecule has 0 saturated heterocycles. The van der Waals surface area contributed by atoms with Crippen LogP contribution >= 0.6 is 0 Å². The van der Waals surface area contributed by atoms with Gasteiger partial charge in [0.15, 0.2) is 5.78 Å². The number of hydrogen-bond donors (Lipinski definition) is 1. The molecule has 0 aliphatic heterocycles. The van der Waals surface area contributed by atoms with E-state index in [4.69, 9.17) is 4.74 Å². The van der Waals surface area contributed by atoms with Crippen molar-refractivity contribution >= 4 is 5.78 Å². The molecule has 0 radical (unpaired) electrons. The number of ketones is 1. The number of Topliss-reactive ketones (excluding diaryl/α,β-unsaturated/α-hetero) is 1. The maximum Gasteiger partial charge on any atom is 0.163 e. The number of imidazole rings is 1. The molecule has 1 aromatic heterocycles. The monoisotopic (exact) mass is 260 g/mol. The minimum absolute atomic E-state index is 0.0558. The van der Waals surface area contributed by atoms with Crippen LogP contribution in [0.5, 0.6) is 5.75 Å². The normalized spacial score (nSPS) is 12.1. The van der Waals surface area contributed by atoms with Crippen molar-refractivity contribution in [2.24, 2.45) is 0 Å². The van der Waals surface area contributed by atoms with E-state index in [9.17, 15) is 9.90 Å². The molecule has 5 nitrogen and oxygen atoms in total. The SMILES string of the molecule is CC(=O)c1ccccc1OC[C@@H](O)Cn1ccnc1. The van der Waals surface area contributed by atoms with Crippen molar-refractivity contribution in [1.29, 1.82) is 0 Å². The predicted molar refractivity (Wildman–Crippen MR) is 70.2 cm³/mol. The molecule has 0 unspecified atom stereocenters. The zero-order valence-corrected chi connectivity index (χ0v) is 10.7. The number of aliphatic hydroxyl groups is 1. The first-order valence-electron chi connectivity index (χ1n) is 6.03. The summed E-state index contributed by atoms with van der Waals surface area (Å²) in [6.07, 6.45) is 4.40. The third-order valence-electron chi connectivity index (χ3n) is 2.68. The Morgan fingerprint density at radius 3 is 2.95 bits per heavy atom. The van der Waals surface area contributed by atoms with Crippen LogP contribution in [-0.2, 0) is 6.54 Å². The van der Waals surface area contributed by atoms with Gasteiger partial charge in [-0.05, 0) is 19.1 Å². The third-order valence-corrected chi connectivity index (χ3v) is 2.68. The number of nitrogens with zero attached hydrogens (tertiary/aromatic N) is 2. The number of hydrogen-bond acceptors (Lipinski definition) is 4. The van der Waals surface area contributed by atoms with Crippen LogP contribution in [0.1, 0.15) is 17.3 Å². The van der Waals surface area contributed by atoms with E-state index in [-0.39, 0.29) is 12.4 Å². The minimum Gasteiger partial charge on any atom is -0.490 e. The van der Waals surface area contributed by atoms with Gasteiger partial charge in [-0.15, -0.1) is 0 Å². The molecule has 0 saturated carbocycles. The molecule has 1 N–H and O–H groups in total. The number of aliphatic hydroxyl groups excluding tert-OH is 1. The Kier molecular flexibility index (Phi) is 4.30. The van der Waals surface area contributed by atoms with E-state index in [1.54, 1.807) is 47.6 Å². The topological polar surface area (TPSA) is 64.3 Å². The van der Waals surface area contributed by atoms with Crippen LogP contribution in [0.4, 0.5) is 0 Å². The Morgan fingerprint density at radius 2 is 2.26 bits per heavy atom. The quantitative estimate of drug-likeness (QED) is 0.800. The fourth-order valence-corrected chi connectivity index (χ4v) is 1.76. The number of benzene rings is 1. The van der Waals surface area contributed by atoms with Crippen LogP contribution in [0.2, 0.25) is 0 Å². The highest BCUT2D eigenvalue weighted by molar-refractivity contribution is 5.96. The van der Waals surface area contributed by atoms with Crippen LogP contribution < -0.4 is 4.74 Å². The van der Waals surface area contributed by atoms with Gasteiger partial charge in [0.1, 0.15) is 18.5 Å². The molecular weight excluding hydrogens is 244 g/mol. The summed E-state index contributed by atoms with van der Waals surface area (Å²) in [5, 5.41) is 9.85. The summed E-state index contributed by atoms with van der Waals surface area (Å²) in [6, 6.07) is 7.01. The van der Waals surface area contributed by atoms with Gasteiger partial charge in [-0.3, -0.25) is 4.79 Å². The molecule has 0 aliphatic rings. The van der Waals surface area contributed by atoms with Crippen molar-refractivity contribution in [2.75, 3.05) is 6.61 Å². The van der Waals surface area contributed by atoms with Crippen molar-refractivity contribution in [2.45, 2.75) is 19.6 Å².